The lowest BCUT2D eigenvalue weighted by Gasteiger charge is -2.26. The second-order valence-electron chi connectivity index (χ2n) is 5.74. The Bertz CT molecular complexity index is 979. The average molecular weight is 417 g/mol. The summed E-state index contributed by atoms with van der Waals surface area (Å²) in [5.41, 5.74) is -0.308. The van der Waals surface area contributed by atoms with Gasteiger partial charge in [0.2, 0.25) is 10.0 Å². The van der Waals surface area contributed by atoms with E-state index in [0.29, 0.717) is 0 Å². The summed E-state index contributed by atoms with van der Waals surface area (Å²) in [6.45, 7) is 0.878. The van der Waals surface area contributed by atoms with Gasteiger partial charge < -0.3 is 10.1 Å². The number of carbonyl (C=O) groups excluding carboxylic acids is 1. The summed E-state index contributed by atoms with van der Waals surface area (Å²) in [7, 11) is -3.88. The van der Waals surface area contributed by atoms with Crippen LogP contribution in [0.5, 0.6) is 0 Å². The summed E-state index contributed by atoms with van der Waals surface area (Å²) in [6, 6.07) is 6.46. The van der Waals surface area contributed by atoms with Crippen molar-refractivity contribution < 1.29 is 26.7 Å². The Balaban J connectivity index is 1.88. The normalized spacial score (nSPS) is 15.5. The van der Waals surface area contributed by atoms with Gasteiger partial charge >= 0.3 is 0 Å². The number of ether oxygens (including phenoxy) is 1. The molecule has 10 heteroatoms. The van der Waals surface area contributed by atoms with Crippen LogP contribution in [0.15, 0.2) is 41.3 Å². The van der Waals surface area contributed by atoms with Crippen molar-refractivity contribution in [2.45, 2.75) is 4.90 Å². The van der Waals surface area contributed by atoms with Crippen LogP contribution >= 0.6 is 11.6 Å². The molecule has 3 rings (SSSR count). The number of sulfonamides is 1. The molecule has 1 aliphatic rings. The van der Waals surface area contributed by atoms with Crippen LogP contribution in [0, 0.1) is 11.6 Å². The standard InChI is InChI=1S/C17H15ClF2N2O4S/c18-14-9-11(1-3-16(14)20)21-17(23)13-10-12(2-4-15(13)19)27(24,25)22-5-7-26-8-6-22/h1-4,9-10H,5-8H2,(H,21,23). The number of hydrogen-bond donors (Lipinski definition) is 1. The molecule has 0 aromatic heterocycles. The van der Waals surface area contributed by atoms with Crippen LogP contribution < -0.4 is 5.32 Å². The summed E-state index contributed by atoms with van der Waals surface area (Å²) in [5, 5.41) is 2.16. The zero-order valence-corrected chi connectivity index (χ0v) is 15.5. The molecule has 0 unspecified atom stereocenters. The van der Waals surface area contributed by atoms with E-state index in [-0.39, 0.29) is 41.9 Å². The van der Waals surface area contributed by atoms with Gasteiger partial charge in [-0.15, -0.1) is 0 Å². The molecule has 0 radical (unpaired) electrons. The van der Waals surface area contributed by atoms with Crippen molar-refractivity contribution in [3.63, 3.8) is 0 Å². The first kappa shape index (κ1) is 19.7. The molecule has 1 fully saturated rings. The van der Waals surface area contributed by atoms with Crippen molar-refractivity contribution in [1.82, 2.24) is 4.31 Å². The van der Waals surface area contributed by atoms with Crippen molar-refractivity contribution in [3.05, 3.63) is 58.6 Å². The van der Waals surface area contributed by atoms with Gasteiger partial charge in [-0.05, 0) is 36.4 Å². The Kier molecular flexibility index (Phi) is 5.75. The van der Waals surface area contributed by atoms with Gasteiger partial charge in [-0.25, -0.2) is 17.2 Å². The van der Waals surface area contributed by atoms with Crippen LogP contribution in [-0.2, 0) is 14.8 Å². The molecule has 6 nitrogen and oxygen atoms in total. The van der Waals surface area contributed by atoms with E-state index in [9.17, 15) is 22.0 Å². The number of morpholine rings is 1. The molecule has 1 amide bonds. The molecule has 0 bridgehead atoms. The number of halogens is 3. The Morgan fingerprint density at radius 2 is 1.74 bits per heavy atom. The first-order valence-corrected chi connectivity index (χ1v) is 9.75. The lowest BCUT2D eigenvalue weighted by molar-refractivity contribution is 0.0730. The van der Waals surface area contributed by atoms with E-state index in [0.717, 1.165) is 24.3 Å². The smallest absolute Gasteiger partial charge is 0.258 e. The quantitative estimate of drug-likeness (QED) is 0.831. The molecule has 0 atom stereocenters. The van der Waals surface area contributed by atoms with E-state index >= 15 is 0 Å². The van der Waals surface area contributed by atoms with Gasteiger partial charge in [-0.2, -0.15) is 4.31 Å². The van der Waals surface area contributed by atoms with Gasteiger partial charge in [0.25, 0.3) is 5.91 Å². The summed E-state index contributed by atoms with van der Waals surface area (Å²) in [5.74, 6) is -2.43. The van der Waals surface area contributed by atoms with Crippen LogP contribution in [0.1, 0.15) is 10.4 Å². The summed E-state index contributed by atoms with van der Waals surface area (Å²) < 4.78 is 59.0. The highest BCUT2D eigenvalue weighted by Gasteiger charge is 2.28. The molecule has 2 aromatic carbocycles. The second-order valence-corrected chi connectivity index (χ2v) is 8.09. The molecule has 144 valence electrons. The van der Waals surface area contributed by atoms with Gasteiger partial charge in [0, 0.05) is 18.8 Å². The van der Waals surface area contributed by atoms with Crippen LogP contribution in [-0.4, -0.2) is 44.9 Å². The predicted molar refractivity (Wildman–Crippen MR) is 95.3 cm³/mol. The van der Waals surface area contributed by atoms with Crippen molar-refractivity contribution >= 4 is 33.2 Å². The number of nitrogens with zero attached hydrogens (tertiary/aromatic N) is 1. The third-order valence-electron chi connectivity index (χ3n) is 3.97. The van der Waals surface area contributed by atoms with Crippen molar-refractivity contribution in [3.8, 4) is 0 Å². The Morgan fingerprint density at radius 3 is 2.41 bits per heavy atom. The number of rotatable bonds is 4. The monoisotopic (exact) mass is 416 g/mol. The van der Waals surface area contributed by atoms with Crippen LogP contribution in [0.25, 0.3) is 0 Å². The van der Waals surface area contributed by atoms with Crippen LogP contribution in [0.2, 0.25) is 5.02 Å². The van der Waals surface area contributed by atoms with E-state index in [2.05, 4.69) is 5.32 Å². The minimum atomic E-state index is -3.88. The van der Waals surface area contributed by atoms with E-state index in [4.69, 9.17) is 16.3 Å². The number of nitrogens with one attached hydrogen (secondary N) is 1. The predicted octanol–water partition coefficient (Wildman–Crippen LogP) is 2.89. The zero-order chi connectivity index (χ0) is 19.6. The van der Waals surface area contributed by atoms with Crippen molar-refractivity contribution in [2.24, 2.45) is 0 Å². The number of carbonyl (C=O) groups is 1. The lowest BCUT2D eigenvalue weighted by Crippen LogP contribution is -2.40. The second kappa shape index (κ2) is 7.89. The summed E-state index contributed by atoms with van der Waals surface area (Å²) in [4.78, 5) is 12.2. The van der Waals surface area contributed by atoms with Crippen LogP contribution in [0.3, 0.4) is 0 Å². The van der Waals surface area contributed by atoms with Crippen molar-refractivity contribution in [1.29, 1.82) is 0 Å². The Hall–Kier alpha value is -2.07. The number of benzene rings is 2. The molecule has 1 heterocycles. The molecular formula is C17H15ClF2N2O4S. The van der Waals surface area contributed by atoms with Gasteiger partial charge in [-0.3, -0.25) is 4.79 Å². The van der Waals surface area contributed by atoms with Gasteiger partial charge in [0.05, 0.1) is 28.7 Å². The number of hydrogen-bond acceptors (Lipinski definition) is 4. The maximum Gasteiger partial charge on any atom is 0.258 e. The van der Waals surface area contributed by atoms with Gasteiger partial charge in [0.15, 0.2) is 0 Å². The highest BCUT2D eigenvalue weighted by molar-refractivity contribution is 7.89. The van der Waals surface area contributed by atoms with E-state index in [1.54, 1.807) is 0 Å². The summed E-state index contributed by atoms with van der Waals surface area (Å²) >= 11 is 5.65. The van der Waals surface area contributed by atoms with E-state index in [1.807, 2.05) is 0 Å². The SMILES string of the molecule is O=C(Nc1ccc(F)c(Cl)c1)c1cc(S(=O)(=O)N2CCOCC2)ccc1F. The average Bonchev–Trinajstić information content (AvgIpc) is 2.65. The molecule has 2 aromatic rings. The number of anilines is 1. The fourth-order valence-electron chi connectivity index (χ4n) is 2.55. The largest absolute Gasteiger partial charge is 0.379 e. The van der Waals surface area contributed by atoms with E-state index < -0.39 is 33.1 Å². The maximum absolute atomic E-state index is 14.1. The van der Waals surface area contributed by atoms with Gasteiger partial charge in [-0.1, -0.05) is 11.6 Å². The highest BCUT2D eigenvalue weighted by atomic mass is 35.5. The molecular weight excluding hydrogens is 402 g/mol. The maximum atomic E-state index is 14.1. The fourth-order valence-corrected chi connectivity index (χ4v) is 4.16. The van der Waals surface area contributed by atoms with Crippen LogP contribution in [0.4, 0.5) is 14.5 Å². The van der Waals surface area contributed by atoms with Gasteiger partial charge in [0.1, 0.15) is 11.6 Å². The lowest BCUT2D eigenvalue weighted by atomic mass is 10.2. The molecule has 1 N–H and O–H groups in total. The molecule has 1 aliphatic heterocycles. The Labute approximate surface area is 159 Å². The van der Waals surface area contributed by atoms with Crippen molar-refractivity contribution in [2.75, 3.05) is 31.6 Å². The molecule has 27 heavy (non-hydrogen) atoms. The third-order valence-corrected chi connectivity index (χ3v) is 6.15. The Morgan fingerprint density at radius 1 is 1.07 bits per heavy atom. The highest BCUT2D eigenvalue weighted by Crippen LogP contribution is 2.23. The summed E-state index contributed by atoms with van der Waals surface area (Å²) in [6.07, 6.45) is 0. The minimum absolute atomic E-state index is 0.146. The first-order valence-electron chi connectivity index (χ1n) is 7.93. The fraction of sp³-hybridized carbons (Fsp3) is 0.235. The first-order chi connectivity index (χ1) is 12.8. The van der Waals surface area contributed by atoms with E-state index in [1.165, 1.54) is 16.4 Å². The molecule has 0 saturated carbocycles. The minimum Gasteiger partial charge on any atom is -0.379 e. The third kappa shape index (κ3) is 4.27. The molecule has 1 saturated heterocycles. The zero-order valence-electron chi connectivity index (χ0n) is 13.9. The number of amides is 1. The molecule has 0 spiro atoms. The topological polar surface area (TPSA) is 75.7 Å². The molecule has 0 aliphatic carbocycles.